The Hall–Kier alpha value is -0.0200. The molecule has 0 aromatic carbocycles. The second kappa shape index (κ2) is 1.62. The molecule has 0 saturated heterocycles. The van der Waals surface area contributed by atoms with E-state index in [2.05, 4.69) is 26.2 Å². The Morgan fingerprint density at radius 1 is 1.83 bits per heavy atom. The summed E-state index contributed by atoms with van der Waals surface area (Å²) in [5, 5.41) is 0.0116. The van der Waals surface area contributed by atoms with Crippen LogP contribution in [0, 0.1) is 0 Å². The molecule has 0 amide bonds. The summed E-state index contributed by atoms with van der Waals surface area (Å²) >= 11 is 3.14. The lowest BCUT2D eigenvalue weighted by molar-refractivity contribution is 0.0916. The number of rotatable bonds is 0. The molecule has 2 nitrogen and oxygen atoms in total. The lowest BCUT2D eigenvalue weighted by Crippen LogP contribution is -1.95. The highest BCUT2D eigenvalue weighted by Crippen LogP contribution is 2.05. The zero-order valence-corrected chi connectivity index (χ0v) is 4.55. The molecule has 0 saturated carbocycles. The summed E-state index contributed by atoms with van der Waals surface area (Å²) < 4.78 is 0. The molecule has 1 rings (SSSR count). The highest BCUT2D eigenvalue weighted by atomic mass is 79.9. The standard InChI is InChI=1S/C3H3BrNO/c4-3-1-2-5-6-3/h1-3H. The number of nitrogens with zero attached hydrogens (tertiary/aromatic N) is 1. The van der Waals surface area contributed by atoms with Crippen LogP contribution in [-0.2, 0) is 4.84 Å². The first-order chi connectivity index (χ1) is 2.89. The molecule has 1 aliphatic heterocycles. The van der Waals surface area contributed by atoms with Gasteiger partial charge in [-0.1, -0.05) is 0 Å². The van der Waals surface area contributed by atoms with Crippen LogP contribution in [0.4, 0.5) is 0 Å². The molecule has 1 unspecified atom stereocenters. The normalized spacial score (nSPS) is 30.5. The molecule has 0 aliphatic carbocycles. The van der Waals surface area contributed by atoms with E-state index in [1.54, 1.807) is 12.3 Å². The highest BCUT2D eigenvalue weighted by Gasteiger charge is 2.02. The van der Waals surface area contributed by atoms with Gasteiger partial charge >= 0.3 is 0 Å². The molecule has 0 N–H and O–H groups in total. The van der Waals surface area contributed by atoms with E-state index in [9.17, 15) is 0 Å². The second-order valence-electron chi connectivity index (χ2n) is 0.903. The molecule has 0 fully saturated rings. The summed E-state index contributed by atoms with van der Waals surface area (Å²) in [5.74, 6) is 0. The molecule has 0 bridgehead atoms. The maximum Gasteiger partial charge on any atom is 0.162 e. The summed E-state index contributed by atoms with van der Waals surface area (Å²) in [6.45, 7) is 0. The summed E-state index contributed by atoms with van der Waals surface area (Å²) in [7, 11) is 0. The van der Waals surface area contributed by atoms with Crippen molar-refractivity contribution in [1.82, 2.24) is 5.48 Å². The molecule has 1 radical (unpaired) electrons. The van der Waals surface area contributed by atoms with Crippen LogP contribution < -0.4 is 5.48 Å². The minimum Gasteiger partial charge on any atom is -0.233 e. The maximum atomic E-state index is 4.58. The summed E-state index contributed by atoms with van der Waals surface area (Å²) in [4.78, 5) is 4.58. The van der Waals surface area contributed by atoms with Crippen LogP contribution in [0.25, 0.3) is 0 Å². The molecule has 1 heterocycles. The van der Waals surface area contributed by atoms with Gasteiger partial charge in [0.05, 0.1) is 6.20 Å². The minimum atomic E-state index is 0.0116. The first kappa shape index (κ1) is 4.15. The zero-order chi connectivity index (χ0) is 4.41. The van der Waals surface area contributed by atoms with Crippen LogP contribution in [0.1, 0.15) is 0 Å². The van der Waals surface area contributed by atoms with Crippen LogP contribution in [0.2, 0.25) is 0 Å². The van der Waals surface area contributed by atoms with Gasteiger partial charge in [0.1, 0.15) is 0 Å². The van der Waals surface area contributed by atoms with Gasteiger partial charge in [-0.25, -0.2) is 4.84 Å². The van der Waals surface area contributed by atoms with Crippen LogP contribution in [0.3, 0.4) is 0 Å². The van der Waals surface area contributed by atoms with Gasteiger partial charge in [-0.15, -0.1) is 5.48 Å². The maximum absolute atomic E-state index is 4.58. The molecular formula is C3H3BrNO. The van der Waals surface area contributed by atoms with Gasteiger partial charge in [0, 0.05) is 0 Å². The fraction of sp³-hybridized carbons (Fsp3) is 0.333. The van der Waals surface area contributed by atoms with E-state index in [0.717, 1.165) is 0 Å². The van der Waals surface area contributed by atoms with Gasteiger partial charge in [-0.3, -0.25) is 0 Å². The molecular weight excluding hydrogens is 146 g/mol. The SMILES string of the molecule is BrC1C=C[N]O1. The molecule has 0 aromatic rings. The van der Waals surface area contributed by atoms with Crippen LogP contribution >= 0.6 is 15.9 Å². The number of hydroxylamine groups is 1. The van der Waals surface area contributed by atoms with Crippen molar-refractivity contribution in [3.05, 3.63) is 12.3 Å². The highest BCUT2D eigenvalue weighted by molar-refractivity contribution is 9.09. The predicted octanol–water partition coefficient (Wildman–Crippen LogP) is 0.771. The fourth-order valence-electron chi connectivity index (χ4n) is 0.231. The van der Waals surface area contributed by atoms with E-state index in [1.807, 2.05) is 0 Å². The fourth-order valence-corrected chi connectivity index (χ4v) is 0.464. The lowest BCUT2D eigenvalue weighted by Gasteiger charge is -1.88. The van der Waals surface area contributed by atoms with Crippen molar-refractivity contribution < 1.29 is 4.84 Å². The van der Waals surface area contributed by atoms with Crippen molar-refractivity contribution in [1.29, 1.82) is 0 Å². The van der Waals surface area contributed by atoms with Gasteiger partial charge in [0.25, 0.3) is 0 Å². The Kier molecular flexibility index (Phi) is 1.12. The molecule has 1 aliphatic rings. The van der Waals surface area contributed by atoms with Crippen LogP contribution in [-0.4, -0.2) is 5.01 Å². The van der Waals surface area contributed by atoms with Gasteiger partial charge in [-0.2, -0.15) is 0 Å². The lowest BCUT2D eigenvalue weighted by atomic mass is 10.7. The van der Waals surface area contributed by atoms with Crippen LogP contribution in [0.5, 0.6) is 0 Å². The van der Waals surface area contributed by atoms with Crippen molar-refractivity contribution in [3.8, 4) is 0 Å². The molecule has 0 aromatic heterocycles. The monoisotopic (exact) mass is 148 g/mol. The number of alkyl halides is 1. The largest absolute Gasteiger partial charge is 0.233 e. The Morgan fingerprint density at radius 3 is 2.83 bits per heavy atom. The predicted molar refractivity (Wildman–Crippen MR) is 25.1 cm³/mol. The second-order valence-corrected chi connectivity index (χ2v) is 1.81. The van der Waals surface area contributed by atoms with E-state index in [0.29, 0.717) is 0 Å². The first-order valence-corrected chi connectivity index (χ1v) is 2.48. The molecule has 33 valence electrons. The first-order valence-electron chi connectivity index (χ1n) is 1.56. The van der Waals surface area contributed by atoms with E-state index >= 15 is 0 Å². The third-order valence-corrected chi connectivity index (χ3v) is 0.932. The Labute approximate surface area is 44.3 Å². The van der Waals surface area contributed by atoms with E-state index < -0.39 is 0 Å². The third kappa shape index (κ3) is 0.725. The molecule has 1 atom stereocenters. The summed E-state index contributed by atoms with van der Waals surface area (Å²) in [5.41, 5.74) is 3.44. The summed E-state index contributed by atoms with van der Waals surface area (Å²) in [6.07, 6.45) is 3.42. The number of halogens is 1. The van der Waals surface area contributed by atoms with Gasteiger partial charge in [-0.05, 0) is 22.0 Å². The minimum absolute atomic E-state index is 0.0116. The third-order valence-electron chi connectivity index (χ3n) is 0.460. The number of hydrogen-bond donors (Lipinski definition) is 0. The Balaban J connectivity index is 2.38. The quantitative estimate of drug-likeness (QED) is 0.466. The Morgan fingerprint density at radius 2 is 2.67 bits per heavy atom. The van der Waals surface area contributed by atoms with E-state index in [4.69, 9.17) is 0 Å². The van der Waals surface area contributed by atoms with E-state index in [1.165, 1.54) is 0 Å². The van der Waals surface area contributed by atoms with Gasteiger partial charge in [0.15, 0.2) is 5.01 Å². The van der Waals surface area contributed by atoms with E-state index in [-0.39, 0.29) is 5.01 Å². The zero-order valence-electron chi connectivity index (χ0n) is 2.97. The average Bonchev–Trinajstić information content (AvgIpc) is 1.86. The topological polar surface area (TPSA) is 23.3 Å². The van der Waals surface area contributed by atoms with Crippen molar-refractivity contribution in [2.75, 3.05) is 0 Å². The molecule has 3 heteroatoms. The molecule has 6 heavy (non-hydrogen) atoms. The number of hydrogen-bond acceptors (Lipinski definition) is 1. The van der Waals surface area contributed by atoms with Crippen molar-refractivity contribution in [2.45, 2.75) is 5.01 Å². The average molecular weight is 149 g/mol. The van der Waals surface area contributed by atoms with Crippen molar-refractivity contribution in [3.63, 3.8) is 0 Å². The Bertz CT molecular complexity index is 73.2. The van der Waals surface area contributed by atoms with Gasteiger partial charge < -0.3 is 0 Å². The van der Waals surface area contributed by atoms with Crippen molar-refractivity contribution in [2.24, 2.45) is 0 Å². The summed E-state index contributed by atoms with van der Waals surface area (Å²) in [6, 6.07) is 0. The smallest absolute Gasteiger partial charge is 0.162 e. The van der Waals surface area contributed by atoms with Crippen molar-refractivity contribution >= 4 is 15.9 Å². The molecule has 0 spiro atoms. The van der Waals surface area contributed by atoms with Crippen LogP contribution in [0.15, 0.2) is 12.3 Å². The van der Waals surface area contributed by atoms with Gasteiger partial charge in [0.2, 0.25) is 0 Å².